The summed E-state index contributed by atoms with van der Waals surface area (Å²) in [6, 6.07) is 13.3. The Morgan fingerprint density at radius 1 is 0.960 bits per heavy atom. The lowest BCUT2D eigenvalue weighted by Crippen LogP contribution is -2.34. The second kappa shape index (κ2) is 5.91. The zero-order valence-electron chi connectivity index (χ0n) is 12.5. The van der Waals surface area contributed by atoms with Gasteiger partial charge in [-0.25, -0.2) is 9.78 Å². The van der Waals surface area contributed by atoms with Crippen molar-refractivity contribution in [1.82, 2.24) is 14.9 Å². The molecule has 0 spiro atoms. The van der Waals surface area contributed by atoms with Crippen molar-refractivity contribution in [2.75, 3.05) is 5.32 Å². The minimum atomic E-state index is -0.746. The summed E-state index contributed by atoms with van der Waals surface area (Å²) < 4.78 is 1.61. The number of halogens is 2. The molecule has 1 N–H and O–H groups in total. The highest BCUT2D eigenvalue weighted by atomic mass is 35.5. The number of amides is 3. The third-order valence-electron chi connectivity index (χ3n) is 3.71. The predicted octanol–water partition coefficient (Wildman–Crippen LogP) is 4.14. The largest absolute Gasteiger partial charge is 0.350 e. The van der Waals surface area contributed by atoms with Crippen LogP contribution in [0.3, 0.4) is 0 Å². The van der Waals surface area contributed by atoms with Crippen molar-refractivity contribution in [3.8, 4) is 17.1 Å². The van der Waals surface area contributed by atoms with Gasteiger partial charge >= 0.3 is 11.9 Å². The normalized spacial score (nSPS) is 13.2. The van der Waals surface area contributed by atoms with Gasteiger partial charge in [0.15, 0.2) is 11.5 Å². The van der Waals surface area contributed by atoms with E-state index in [9.17, 15) is 9.59 Å². The Labute approximate surface area is 152 Å². The minimum absolute atomic E-state index is 0.148. The summed E-state index contributed by atoms with van der Waals surface area (Å²) in [5.41, 5.74) is 1.43. The highest BCUT2D eigenvalue weighted by Gasteiger charge is 2.32. The standard InChI is InChI=1S/C17H9Cl2N4O2/c18-9-5-7-10(8-6-9)23-13-14(21-17(25)22-16(13)24)20-15(23)11-3-1-2-4-12(11)19/h1-8H,(H,21,25). The van der Waals surface area contributed by atoms with Crippen molar-refractivity contribution >= 4 is 41.0 Å². The van der Waals surface area contributed by atoms with Crippen LogP contribution in [0.4, 0.5) is 10.6 Å². The molecule has 2 aromatic carbocycles. The molecule has 123 valence electrons. The number of nitrogens with zero attached hydrogens (tertiary/aromatic N) is 3. The molecule has 3 amide bonds. The van der Waals surface area contributed by atoms with Crippen molar-refractivity contribution in [1.29, 1.82) is 0 Å². The van der Waals surface area contributed by atoms with E-state index in [0.717, 1.165) is 0 Å². The molecule has 0 bridgehead atoms. The van der Waals surface area contributed by atoms with E-state index in [4.69, 9.17) is 23.2 Å². The van der Waals surface area contributed by atoms with Gasteiger partial charge in [0.05, 0.1) is 5.02 Å². The molecule has 1 radical (unpaired) electrons. The number of aromatic nitrogens is 2. The number of hydrogen-bond acceptors (Lipinski definition) is 3. The number of carbonyl (C=O) groups excluding carboxylic acids is 2. The highest BCUT2D eigenvalue weighted by molar-refractivity contribution is 6.33. The van der Waals surface area contributed by atoms with Gasteiger partial charge in [-0.1, -0.05) is 35.3 Å². The Bertz CT molecular complexity index is 1010. The topological polar surface area (TPSA) is 78.1 Å². The highest BCUT2D eigenvalue weighted by Crippen LogP contribution is 2.34. The molecule has 0 aliphatic carbocycles. The molecule has 6 nitrogen and oxygen atoms in total. The van der Waals surface area contributed by atoms with E-state index < -0.39 is 11.9 Å². The van der Waals surface area contributed by atoms with Crippen molar-refractivity contribution in [3.63, 3.8) is 0 Å². The molecule has 0 unspecified atom stereocenters. The van der Waals surface area contributed by atoms with Crippen LogP contribution in [0.15, 0.2) is 48.5 Å². The number of anilines is 1. The van der Waals surface area contributed by atoms with Gasteiger partial charge in [-0.2, -0.15) is 5.32 Å². The van der Waals surface area contributed by atoms with Gasteiger partial charge in [0.25, 0.3) is 0 Å². The van der Waals surface area contributed by atoms with Crippen molar-refractivity contribution < 1.29 is 9.59 Å². The van der Waals surface area contributed by atoms with Crippen LogP contribution in [0.1, 0.15) is 10.5 Å². The lowest BCUT2D eigenvalue weighted by atomic mass is 10.2. The summed E-state index contributed by atoms with van der Waals surface area (Å²) >= 11 is 12.3. The SMILES string of the molecule is O=C1[N]C(=O)c2c(nc(-c3ccccc3Cl)n2-c2ccc(Cl)cc2)N1. The van der Waals surface area contributed by atoms with Crippen LogP contribution in [-0.2, 0) is 0 Å². The van der Waals surface area contributed by atoms with E-state index in [1.165, 1.54) is 0 Å². The van der Waals surface area contributed by atoms with Crippen molar-refractivity contribution in [3.05, 3.63) is 64.3 Å². The van der Waals surface area contributed by atoms with E-state index in [0.29, 0.717) is 27.1 Å². The number of urea groups is 1. The number of benzene rings is 2. The first-order valence-corrected chi connectivity index (χ1v) is 8.01. The number of rotatable bonds is 2. The fourth-order valence-corrected chi connectivity index (χ4v) is 2.99. The molecule has 1 aromatic heterocycles. The number of hydrogen-bond donors (Lipinski definition) is 1. The average molecular weight is 372 g/mol. The average Bonchev–Trinajstić information content (AvgIpc) is 2.95. The molecular weight excluding hydrogens is 363 g/mol. The summed E-state index contributed by atoms with van der Waals surface area (Å²) in [5.74, 6) is -0.0990. The van der Waals surface area contributed by atoms with Crippen molar-refractivity contribution in [2.45, 2.75) is 0 Å². The molecule has 1 aliphatic heterocycles. The Hall–Kier alpha value is -2.83. The van der Waals surface area contributed by atoms with Gasteiger partial charge in [-0.15, -0.1) is 0 Å². The van der Waals surface area contributed by atoms with Gasteiger partial charge in [-0.3, -0.25) is 14.7 Å². The van der Waals surface area contributed by atoms with E-state index in [1.807, 2.05) is 6.07 Å². The fraction of sp³-hybridized carbons (Fsp3) is 0. The molecule has 0 saturated carbocycles. The lowest BCUT2D eigenvalue weighted by Gasteiger charge is -2.14. The van der Waals surface area contributed by atoms with E-state index in [2.05, 4.69) is 15.6 Å². The van der Waals surface area contributed by atoms with Crippen LogP contribution >= 0.6 is 23.2 Å². The number of fused-ring (bicyclic) bond motifs is 1. The molecule has 0 saturated heterocycles. The van der Waals surface area contributed by atoms with Crippen LogP contribution in [0, 0.1) is 0 Å². The monoisotopic (exact) mass is 371 g/mol. The molecule has 3 aromatic rings. The Morgan fingerprint density at radius 3 is 2.40 bits per heavy atom. The molecule has 4 rings (SSSR count). The van der Waals surface area contributed by atoms with Crippen LogP contribution in [0.2, 0.25) is 10.0 Å². The Morgan fingerprint density at radius 2 is 1.68 bits per heavy atom. The molecule has 0 fully saturated rings. The van der Waals surface area contributed by atoms with E-state index in [1.54, 1.807) is 47.0 Å². The molecule has 1 aliphatic rings. The third kappa shape index (κ3) is 2.65. The van der Waals surface area contributed by atoms with Crippen molar-refractivity contribution in [2.24, 2.45) is 0 Å². The second-order valence-electron chi connectivity index (χ2n) is 5.27. The molecule has 8 heteroatoms. The van der Waals surface area contributed by atoms with Crippen LogP contribution in [0.25, 0.3) is 17.1 Å². The maximum atomic E-state index is 12.3. The van der Waals surface area contributed by atoms with Crippen LogP contribution in [-0.4, -0.2) is 21.5 Å². The quantitative estimate of drug-likeness (QED) is 0.735. The van der Waals surface area contributed by atoms with Gasteiger partial charge in [-0.05, 0) is 36.4 Å². The molecule has 25 heavy (non-hydrogen) atoms. The lowest BCUT2D eigenvalue weighted by molar-refractivity contribution is 0.0954. The zero-order chi connectivity index (χ0) is 17.6. The van der Waals surface area contributed by atoms with E-state index >= 15 is 0 Å². The van der Waals surface area contributed by atoms with Crippen LogP contribution in [0.5, 0.6) is 0 Å². The van der Waals surface area contributed by atoms with Gasteiger partial charge < -0.3 is 0 Å². The smallest absolute Gasteiger partial charge is 0.288 e. The van der Waals surface area contributed by atoms with Gasteiger partial charge in [0.2, 0.25) is 0 Å². The predicted molar refractivity (Wildman–Crippen MR) is 94.5 cm³/mol. The first-order valence-electron chi connectivity index (χ1n) is 7.25. The second-order valence-corrected chi connectivity index (χ2v) is 6.12. The number of imide groups is 1. The maximum Gasteiger partial charge on any atom is 0.350 e. The van der Waals surface area contributed by atoms with Gasteiger partial charge in [0.1, 0.15) is 5.82 Å². The molecular formula is C17H9Cl2N4O2. The molecule has 2 heterocycles. The number of carbonyl (C=O) groups is 2. The van der Waals surface area contributed by atoms with E-state index in [-0.39, 0.29) is 11.5 Å². The summed E-state index contributed by atoms with van der Waals surface area (Å²) in [6.07, 6.45) is 0. The number of nitrogens with one attached hydrogen (secondary N) is 1. The number of imidazole rings is 1. The first-order chi connectivity index (χ1) is 12.0. The van der Waals surface area contributed by atoms with Gasteiger partial charge in [0, 0.05) is 16.3 Å². The first kappa shape index (κ1) is 15.7. The maximum absolute atomic E-state index is 12.3. The Balaban J connectivity index is 2.03. The zero-order valence-corrected chi connectivity index (χ0v) is 14.0. The summed E-state index contributed by atoms with van der Waals surface area (Å²) in [6.45, 7) is 0. The fourth-order valence-electron chi connectivity index (χ4n) is 2.64. The Kier molecular flexibility index (Phi) is 3.71. The third-order valence-corrected chi connectivity index (χ3v) is 4.29. The van der Waals surface area contributed by atoms with Crippen LogP contribution < -0.4 is 10.6 Å². The summed E-state index contributed by atoms with van der Waals surface area (Å²) in [4.78, 5) is 28.3. The summed E-state index contributed by atoms with van der Waals surface area (Å²) in [7, 11) is 0. The molecule has 0 atom stereocenters. The minimum Gasteiger partial charge on any atom is -0.288 e. The summed E-state index contributed by atoms with van der Waals surface area (Å²) in [5, 5.41) is 6.97.